The molecule has 1 saturated heterocycles. The first-order valence-corrected chi connectivity index (χ1v) is 7.33. The number of phenolic OH excluding ortho intramolecular Hbond substituents is 1. The number of aliphatic hydroxyl groups is 1. The van der Waals surface area contributed by atoms with Gasteiger partial charge in [0, 0.05) is 24.0 Å². The molecule has 0 bridgehead atoms. The maximum Gasteiger partial charge on any atom is 0.223 e. The average molecular weight is 299 g/mol. The van der Waals surface area contributed by atoms with Crippen LogP contribution in [0.4, 0.5) is 11.8 Å². The Morgan fingerprint density at radius 3 is 3.00 bits per heavy atom. The molecule has 1 atom stereocenters. The Morgan fingerprint density at radius 2 is 2.18 bits per heavy atom. The minimum atomic E-state index is -0.362. The number of rotatable bonds is 1. The van der Waals surface area contributed by atoms with Crippen molar-refractivity contribution in [1.82, 2.24) is 15.0 Å². The summed E-state index contributed by atoms with van der Waals surface area (Å²) in [6.45, 7) is 1.34. The van der Waals surface area contributed by atoms with Crippen molar-refractivity contribution in [2.45, 2.75) is 18.9 Å². The highest BCUT2D eigenvalue weighted by molar-refractivity contribution is 6.12. The first kappa shape index (κ1) is 13.1. The number of anilines is 2. The maximum absolute atomic E-state index is 9.93. The van der Waals surface area contributed by atoms with Crippen LogP contribution in [0.15, 0.2) is 18.2 Å². The van der Waals surface area contributed by atoms with Gasteiger partial charge in [0.05, 0.1) is 11.5 Å². The van der Waals surface area contributed by atoms with Crippen LogP contribution >= 0.6 is 0 Å². The summed E-state index contributed by atoms with van der Waals surface area (Å²) in [6.07, 6.45) is 1.34. The number of aromatic amines is 1. The number of aromatic nitrogens is 3. The van der Waals surface area contributed by atoms with Crippen LogP contribution in [-0.4, -0.2) is 44.4 Å². The number of aromatic hydroxyl groups is 1. The molecule has 5 N–H and O–H groups in total. The van der Waals surface area contributed by atoms with E-state index in [-0.39, 0.29) is 17.8 Å². The van der Waals surface area contributed by atoms with Crippen LogP contribution in [0.25, 0.3) is 21.9 Å². The second kappa shape index (κ2) is 4.74. The first-order chi connectivity index (χ1) is 10.6. The van der Waals surface area contributed by atoms with E-state index >= 15 is 0 Å². The standard InChI is InChI=1S/C15H17N5O2/c16-15-18-13-12(10-6-8(21)3-4-11(10)17-13)14(19-15)20-5-1-2-9(22)7-20/h3-4,6,9,21-22H,1-2,5,7H2,(H3,16,17,18,19). The second-order valence-electron chi connectivity index (χ2n) is 5.73. The lowest BCUT2D eigenvalue weighted by Crippen LogP contribution is -2.38. The van der Waals surface area contributed by atoms with E-state index in [2.05, 4.69) is 15.0 Å². The molecule has 3 heterocycles. The number of fused-ring (bicyclic) bond motifs is 3. The molecule has 0 saturated carbocycles. The molecule has 1 fully saturated rings. The summed E-state index contributed by atoms with van der Waals surface area (Å²) >= 11 is 0. The highest BCUT2D eigenvalue weighted by Gasteiger charge is 2.23. The number of benzene rings is 1. The molecule has 1 unspecified atom stereocenters. The minimum absolute atomic E-state index is 0.190. The van der Waals surface area contributed by atoms with Gasteiger partial charge in [-0.3, -0.25) is 0 Å². The van der Waals surface area contributed by atoms with E-state index in [1.165, 1.54) is 0 Å². The SMILES string of the molecule is Nc1nc(N2CCCC(O)C2)c2c(n1)[nH]c1ccc(O)cc12. The van der Waals surface area contributed by atoms with Crippen molar-refractivity contribution < 1.29 is 10.2 Å². The van der Waals surface area contributed by atoms with Crippen molar-refractivity contribution in [2.75, 3.05) is 23.7 Å². The predicted octanol–water partition coefficient (Wildman–Crippen LogP) is 1.36. The van der Waals surface area contributed by atoms with Crippen molar-refractivity contribution in [1.29, 1.82) is 0 Å². The maximum atomic E-state index is 9.93. The number of hydrogen-bond donors (Lipinski definition) is 4. The fourth-order valence-corrected chi connectivity index (χ4v) is 3.16. The van der Waals surface area contributed by atoms with E-state index in [1.807, 2.05) is 4.90 Å². The van der Waals surface area contributed by atoms with Crippen molar-refractivity contribution in [3.8, 4) is 5.75 Å². The normalized spacial score (nSPS) is 19.1. The number of phenols is 1. The number of nitrogens with one attached hydrogen (secondary N) is 1. The molecule has 0 aliphatic carbocycles. The van der Waals surface area contributed by atoms with Crippen molar-refractivity contribution in [3.05, 3.63) is 18.2 Å². The van der Waals surface area contributed by atoms with Gasteiger partial charge in [-0.2, -0.15) is 9.97 Å². The van der Waals surface area contributed by atoms with Gasteiger partial charge in [0.2, 0.25) is 5.95 Å². The molecule has 4 rings (SSSR count). The minimum Gasteiger partial charge on any atom is -0.508 e. The van der Waals surface area contributed by atoms with Crippen LogP contribution in [0.5, 0.6) is 5.75 Å². The van der Waals surface area contributed by atoms with Gasteiger partial charge in [-0.05, 0) is 31.0 Å². The number of nitrogens with two attached hydrogens (primary N) is 1. The molecule has 22 heavy (non-hydrogen) atoms. The van der Waals surface area contributed by atoms with Crippen LogP contribution in [0.3, 0.4) is 0 Å². The summed E-state index contributed by atoms with van der Waals surface area (Å²) in [7, 11) is 0. The van der Waals surface area contributed by atoms with Gasteiger partial charge in [0.25, 0.3) is 0 Å². The zero-order valence-electron chi connectivity index (χ0n) is 12.0. The highest BCUT2D eigenvalue weighted by atomic mass is 16.3. The van der Waals surface area contributed by atoms with E-state index in [0.29, 0.717) is 18.0 Å². The molecule has 1 aliphatic heterocycles. The molecule has 7 nitrogen and oxygen atoms in total. The molecule has 0 amide bonds. The van der Waals surface area contributed by atoms with Crippen molar-refractivity contribution in [2.24, 2.45) is 0 Å². The third-order valence-corrected chi connectivity index (χ3v) is 4.13. The lowest BCUT2D eigenvalue weighted by Gasteiger charge is -2.31. The fourth-order valence-electron chi connectivity index (χ4n) is 3.16. The Morgan fingerprint density at radius 1 is 1.32 bits per heavy atom. The van der Waals surface area contributed by atoms with Gasteiger partial charge < -0.3 is 25.8 Å². The third kappa shape index (κ3) is 2.01. The monoisotopic (exact) mass is 299 g/mol. The van der Waals surface area contributed by atoms with Crippen LogP contribution in [0.2, 0.25) is 0 Å². The molecular weight excluding hydrogens is 282 g/mol. The number of nitrogen functional groups attached to an aromatic ring is 1. The Bertz CT molecular complexity index is 860. The Balaban J connectivity index is 1.99. The molecule has 3 aromatic rings. The van der Waals surface area contributed by atoms with Crippen molar-refractivity contribution in [3.63, 3.8) is 0 Å². The molecule has 2 aromatic heterocycles. The smallest absolute Gasteiger partial charge is 0.223 e. The summed E-state index contributed by atoms with van der Waals surface area (Å²) < 4.78 is 0. The van der Waals surface area contributed by atoms with Gasteiger partial charge >= 0.3 is 0 Å². The lowest BCUT2D eigenvalue weighted by atomic mass is 10.1. The Labute approximate surface area is 126 Å². The van der Waals surface area contributed by atoms with E-state index in [4.69, 9.17) is 5.73 Å². The number of nitrogens with zero attached hydrogens (tertiary/aromatic N) is 3. The second-order valence-corrected chi connectivity index (χ2v) is 5.73. The lowest BCUT2D eigenvalue weighted by molar-refractivity contribution is 0.154. The molecule has 0 radical (unpaired) electrons. The molecule has 114 valence electrons. The molecule has 7 heteroatoms. The largest absolute Gasteiger partial charge is 0.508 e. The fraction of sp³-hybridized carbons (Fsp3) is 0.333. The van der Waals surface area contributed by atoms with E-state index in [1.54, 1.807) is 18.2 Å². The van der Waals surface area contributed by atoms with Crippen molar-refractivity contribution >= 4 is 33.7 Å². The van der Waals surface area contributed by atoms with E-state index in [9.17, 15) is 10.2 Å². The topological polar surface area (TPSA) is 111 Å². The number of aliphatic hydroxyl groups excluding tert-OH is 1. The number of hydrogen-bond acceptors (Lipinski definition) is 6. The zero-order valence-corrected chi connectivity index (χ0v) is 12.0. The van der Waals surface area contributed by atoms with Crippen LogP contribution in [0, 0.1) is 0 Å². The molecule has 1 aliphatic rings. The average Bonchev–Trinajstić information content (AvgIpc) is 2.83. The number of piperidine rings is 1. The predicted molar refractivity (Wildman–Crippen MR) is 84.9 cm³/mol. The van der Waals surface area contributed by atoms with Crippen LogP contribution < -0.4 is 10.6 Å². The summed E-state index contributed by atoms with van der Waals surface area (Å²) in [5.74, 6) is 1.09. The highest BCUT2D eigenvalue weighted by Crippen LogP contribution is 2.34. The Hall–Kier alpha value is -2.54. The first-order valence-electron chi connectivity index (χ1n) is 7.33. The van der Waals surface area contributed by atoms with Gasteiger partial charge in [-0.25, -0.2) is 0 Å². The van der Waals surface area contributed by atoms with E-state index in [0.717, 1.165) is 35.7 Å². The van der Waals surface area contributed by atoms with Crippen LogP contribution in [0.1, 0.15) is 12.8 Å². The summed E-state index contributed by atoms with van der Waals surface area (Å²) in [4.78, 5) is 13.9. The number of H-pyrrole nitrogens is 1. The summed E-state index contributed by atoms with van der Waals surface area (Å²) in [5, 5.41) is 21.4. The quantitative estimate of drug-likeness (QED) is 0.540. The molecule has 0 spiro atoms. The summed E-state index contributed by atoms with van der Waals surface area (Å²) in [5.41, 5.74) is 7.35. The number of β-amino-alcohol motifs (C(OH)–C–C–N with tert-alkyl or cyclic N) is 1. The van der Waals surface area contributed by atoms with E-state index < -0.39 is 0 Å². The third-order valence-electron chi connectivity index (χ3n) is 4.13. The Kier molecular flexibility index (Phi) is 2.83. The van der Waals surface area contributed by atoms with Gasteiger partial charge in [0.1, 0.15) is 17.2 Å². The molecular formula is C15H17N5O2. The van der Waals surface area contributed by atoms with Gasteiger partial charge in [0.15, 0.2) is 0 Å². The summed E-state index contributed by atoms with van der Waals surface area (Å²) in [6, 6.07) is 5.12. The van der Waals surface area contributed by atoms with Gasteiger partial charge in [-0.15, -0.1) is 0 Å². The zero-order chi connectivity index (χ0) is 15.3. The van der Waals surface area contributed by atoms with Crippen LogP contribution in [-0.2, 0) is 0 Å². The van der Waals surface area contributed by atoms with Gasteiger partial charge in [-0.1, -0.05) is 0 Å². The molecule has 1 aromatic carbocycles.